The van der Waals surface area contributed by atoms with Gasteiger partial charge >= 0.3 is 6.16 Å². The van der Waals surface area contributed by atoms with Gasteiger partial charge in [0, 0.05) is 11.1 Å². The van der Waals surface area contributed by atoms with Gasteiger partial charge in [0.1, 0.15) is 5.82 Å². The van der Waals surface area contributed by atoms with Crippen molar-refractivity contribution in [1.82, 2.24) is 4.98 Å². The highest BCUT2D eigenvalue weighted by atomic mass is 35.5. The number of halogens is 1. The lowest BCUT2D eigenvalue weighted by atomic mass is 10.1. The molecule has 1 aromatic heterocycles. The van der Waals surface area contributed by atoms with E-state index in [1.165, 1.54) is 6.07 Å². The van der Waals surface area contributed by atoms with Crippen LogP contribution in [0.1, 0.15) is 0 Å². The fourth-order valence-electron chi connectivity index (χ4n) is 1.48. The average molecular weight is 265 g/mol. The van der Waals surface area contributed by atoms with E-state index >= 15 is 0 Å². The van der Waals surface area contributed by atoms with Gasteiger partial charge in [-0.2, -0.15) is 4.98 Å². The van der Waals surface area contributed by atoms with E-state index in [1.807, 2.05) is 0 Å². The molecule has 3 N–H and O–H groups in total. The number of hydrogen-bond acceptors (Lipinski definition) is 4. The molecule has 92 valence electrons. The predicted octanol–water partition coefficient (Wildman–Crippen LogP) is 3.04. The van der Waals surface area contributed by atoms with Gasteiger partial charge < -0.3 is 15.6 Å². The van der Waals surface area contributed by atoms with Crippen LogP contribution in [0.5, 0.6) is 5.88 Å². The Balaban J connectivity index is 2.41. The van der Waals surface area contributed by atoms with Gasteiger partial charge in [0.15, 0.2) is 0 Å². The Morgan fingerprint density at radius 3 is 2.50 bits per heavy atom. The summed E-state index contributed by atoms with van der Waals surface area (Å²) in [4.78, 5) is 14.2. The second-order valence-electron chi connectivity index (χ2n) is 3.49. The van der Waals surface area contributed by atoms with Crippen molar-refractivity contribution in [3.8, 4) is 17.0 Å². The van der Waals surface area contributed by atoms with E-state index in [1.54, 1.807) is 30.3 Å². The Bertz CT molecular complexity index is 584. The smallest absolute Gasteiger partial charge is 0.449 e. The maximum absolute atomic E-state index is 10.5. The number of carbonyl (C=O) groups is 1. The number of rotatable bonds is 2. The zero-order valence-electron chi connectivity index (χ0n) is 9.13. The van der Waals surface area contributed by atoms with Gasteiger partial charge in [-0.05, 0) is 29.3 Å². The summed E-state index contributed by atoms with van der Waals surface area (Å²) in [6.07, 6.45) is -1.44. The zero-order chi connectivity index (χ0) is 13.1. The first-order valence-electron chi connectivity index (χ1n) is 4.99. The molecule has 0 spiro atoms. The van der Waals surface area contributed by atoms with E-state index in [2.05, 4.69) is 9.72 Å². The van der Waals surface area contributed by atoms with Crippen molar-refractivity contribution in [2.45, 2.75) is 0 Å². The van der Waals surface area contributed by atoms with Crippen LogP contribution in [-0.4, -0.2) is 16.2 Å². The summed E-state index contributed by atoms with van der Waals surface area (Å²) in [5.74, 6) is 0.117. The molecule has 0 saturated heterocycles. The van der Waals surface area contributed by atoms with Crippen LogP contribution in [0, 0.1) is 0 Å². The molecule has 18 heavy (non-hydrogen) atoms. The molecule has 0 aliphatic rings. The van der Waals surface area contributed by atoms with E-state index in [4.69, 9.17) is 22.4 Å². The number of nitrogen functional groups attached to an aromatic ring is 1. The van der Waals surface area contributed by atoms with E-state index in [0.29, 0.717) is 10.6 Å². The third-order valence-corrected chi connectivity index (χ3v) is 2.44. The van der Waals surface area contributed by atoms with Crippen LogP contribution >= 0.6 is 11.6 Å². The second-order valence-corrected chi connectivity index (χ2v) is 3.93. The summed E-state index contributed by atoms with van der Waals surface area (Å²) >= 11 is 5.79. The average Bonchev–Trinajstić information content (AvgIpc) is 2.28. The van der Waals surface area contributed by atoms with Crippen molar-refractivity contribution in [3.63, 3.8) is 0 Å². The number of ether oxygens (including phenoxy) is 1. The molecular weight excluding hydrogens is 256 g/mol. The quantitative estimate of drug-likeness (QED) is 0.814. The molecule has 0 atom stereocenters. The number of carboxylic acid groups (broad SMARTS) is 1. The molecule has 0 bridgehead atoms. The number of nitrogens with zero attached hydrogens (tertiary/aromatic N) is 1. The molecule has 0 unspecified atom stereocenters. The summed E-state index contributed by atoms with van der Waals surface area (Å²) < 4.78 is 4.48. The molecule has 0 aliphatic carbocycles. The first-order chi connectivity index (χ1) is 8.54. The molecule has 0 fully saturated rings. The third-order valence-electron chi connectivity index (χ3n) is 2.19. The van der Waals surface area contributed by atoms with Crippen molar-refractivity contribution < 1.29 is 14.6 Å². The fourth-order valence-corrected chi connectivity index (χ4v) is 1.60. The van der Waals surface area contributed by atoms with Gasteiger partial charge in [-0.3, -0.25) is 0 Å². The van der Waals surface area contributed by atoms with Crippen LogP contribution in [-0.2, 0) is 0 Å². The van der Waals surface area contributed by atoms with Gasteiger partial charge in [0.25, 0.3) is 0 Å². The number of benzene rings is 1. The third kappa shape index (κ3) is 2.89. The second kappa shape index (κ2) is 4.93. The van der Waals surface area contributed by atoms with E-state index < -0.39 is 6.16 Å². The topological polar surface area (TPSA) is 85.4 Å². The lowest BCUT2D eigenvalue weighted by molar-refractivity contribution is 0.142. The van der Waals surface area contributed by atoms with E-state index in [9.17, 15) is 4.79 Å². The maximum Gasteiger partial charge on any atom is 0.512 e. The molecule has 2 aromatic rings. The van der Waals surface area contributed by atoms with E-state index in [0.717, 1.165) is 5.56 Å². The summed E-state index contributed by atoms with van der Waals surface area (Å²) in [5.41, 5.74) is 7.13. The zero-order valence-corrected chi connectivity index (χ0v) is 9.89. The van der Waals surface area contributed by atoms with Gasteiger partial charge in [0.05, 0.1) is 0 Å². The van der Waals surface area contributed by atoms with Crippen LogP contribution < -0.4 is 10.5 Å². The predicted molar refractivity (Wildman–Crippen MR) is 67.7 cm³/mol. The summed E-state index contributed by atoms with van der Waals surface area (Å²) in [7, 11) is 0. The molecule has 6 heteroatoms. The van der Waals surface area contributed by atoms with Crippen LogP contribution in [0.2, 0.25) is 5.02 Å². The molecule has 5 nitrogen and oxygen atoms in total. The largest absolute Gasteiger partial charge is 0.512 e. The Hall–Kier alpha value is -2.27. The highest BCUT2D eigenvalue weighted by Gasteiger charge is 2.07. The summed E-state index contributed by atoms with van der Waals surface area (Å²) in [6, 6.07) is 10.2. The van der Waals surface area contributed by atoms with Crippen LogP contribution in [0.15, 0.2) is 36.4 Å². The van der Waals surface area contributed by atoms with Crippen LogP contribution in [0.3, 0.4) is 0 Å². The molecule has 0 aliphatic heterocycles. The van der Waals surface area contributed by atoms with E-state index in [-0.39, 0.29) is 11.7 Å². The number of anilines is 1. The Kier molecular flexibility index (Phi) is 3.34. The van der Waals surface area contributed by atoms with Crippen LogP contribution in [0.4, 0.5) is 10.6 Å². The first-order valence-corrected chi connectivity index (χ1v) is 5.36. The highest BCUT2D eigenvalue weighted by Crippen LogP contribution is 2.26. The number of pyridine rings is 1. The number of hydrogen-bond donors (Lipinski definition) is 2. The number of nitrogens with two attached hydrogens (primary N) is 1. The fraction of sp³-hybridized carbons (Fsp3) is 0. The van der Waals surface area contributed by atoms with Gasteiger partial charge in [0.2, 0.25) is 5.88 Å². The lowest BCUT2D eigenvalue weighted by Gasteiger charge is -2.05. The molecule has 0 radical (unpaired) electrons. The van der Waals surface area contributed by atoms with Crippen molar-refractivity contribution in [1.29, 1.82) is 0 Å². The van der Waals surface area contributed by atoms with Crippen molar-refractivity contribution >= 4 is 23.6 Å². The SMILES string of the molecule is Nc1cc(-c2ccc(Cl)cc2)cc(OC(=O)O)n1. The molecule has 0 saturated carbocycles. The molecule has 2 rings (SSSR count). The monoisotopic (exact) mass is 264 g/mol. The normalized spacial score (nSPS) is 10.1. The van der Waals surface area contributed by atoms with Gasteiger partial charge in [-0.15, -0.1) is 0 Å². The molecule has 0 amide bonds. The lowest BCUT2D eigenvalue weighted by Crippen LogP contribution is -2.05. The van der Waals surface area contributed by atoms with Gasteiger partial charge in [-0.25, -0.2) is 4.79 Å². The Morgan fingerprint density at radius 2 is 1.89 bits per heavy atom. The first kappa shape index (κ1) is 12.2. The van der Waals surface area contributed by atoms with Crippen molar-refractivity contribution in [2.75, 3.05) is 5.73 Å². The van der Waals surface area contributed by atoms with Crippen molar-refractivity contribution in [2.24, 2.45) is 0 Å². The summed E-state index contributed by atoms with van der Waals surface area (Å²) in [5, 5.41) is 9.15. The Labute approximate surface area is 108 Å². The minimum Gasteiger partial charge on any atom is -0.449 e. The molecule has 1 aromatic carbocycles. The minimum atomic E-state index is -1.44. The minimum absolute atomic E-state index is 0.0625. The summed E-state index contributed by atoms with van der Waals surface area (Å²) in [6.45, 7) is 0. The van der Waals surface area contributed by atoms with Crippen LogP contribution in [0.25, 0.3) is 11.1 Å². The van der Waals surface area contributed by atoms with Gasteiger partial charge in [-0.1, -0.05) is 23.7 Å². The van der Waals surface area contributed by atoms with Crippen molar-refractivity contribution in [3.05, 3.63) is 41.4 Å². The maximum atomic E-state index is 10.5. The molecule has 1 heterocycles. The Morgan fingerprint density at radius 1 is 1.22 bits per heavy atom. The number of aromatic nitrogens is 1. The highest BCUT2D eigenvalue weighted by molar-refractivity contribution is 6.30. The standard InChI is InChI=1S/C12H9ClN2O3/c13-9-3-1-7(2-4-9)8-5-10(14)15-11(6-8)18-12(16)17/h1-6H,(H2,14,15)(H,16,17). The molecular formula is C12H9ClN2O3.